The van der Waals surface area contributed by atoms with Gasteiger partial charge in [-0.25, -0.2) is 4.39 Å². The summed E-state index contributed by atoms with van der Waals surface area (Å²) < 4.78 is 14.2. The van der Waals surface area contributed by atoms with E-state index in [1.54, 1.807) is 30.0 Å². The first kappa shape index (κ1) is 13.6. The molecule has 0 fully saturated rings. The van der Waals surface area contributed by atoms with E-state index in [-0.39, 0.29) is 11.5 Å². The number of hydrogen-bond donors (Lipinski definition) is 1. The molecule has 1 aliphatic heterocycles. The summed E-state index contributed by atoms with van der Waals surface area (Å²) in [6.45, 7) is 2.26. The van der Waals surface area contributed by atoms with Gasteiger partial charge in [0.1, 0.15) is 5.82 Å². The number of carbonyl (C=O) groups excluding carboxylic acids is 1. The number of nitrogens with zero attached hydrogens (tertiary/aromatic N) is 1. The number of anilines is 2. The Kier molecular flexibility index (Phi) is 3.37. The molecular weight excluding hydrogens is 267 g/mol. The maximum Gasteiger partial charge on any atom is 0.261 e. The summed E-state index contributed by atoms with van der Waals surface area (Å²) in [5, 5.41) is 0. The summed E-state index contributed by atoms with van der Waals surface area (Å²) in [4.78, 5) is 14.3. The van der Waals surface area contributed by atoms with Gasteiger partial charge < -0.3 is 10.6 Å². The number of fused-ring (bicyclic) bond motifs is 1. The average molecular weight is 284 g/mol. The van der Waals surface area contributed by atoms with Crippen LogP contribution in [0.25, 0.3) is 0 Å². The number of carbonyl (C=O) groups is 1. The molecular formula is C17H17FN2O. The van der Waals surface area contributed by atoms with Crippen molar-refractivity contribution in [1.29, 1.82) is 0 Å². The Morgan fingerprint density at radius 2 is 2.10 bits per heavy atom. The highest BCUT2D eigenvalue weighted by Gasteiger charge is 2.25. The highest BCUT2D eigenvalue weighted by atomic mass is 19.1. The van der Waals surface area contributed by atoms with Gasteiger partial charge in [-0.1, -0.05) is 12.1 Å². The molecule has 2 N–H and O–H groups in total. The zero-order chi connectivity index (χ0) is 15.0. The fraction of sp³-hybridized carbons (Fsp3) is 0.235. The SMILES string of the molecule is Cc1cccc(C(=O)N2CCCc3cc(N)ccc32)c1F. The molecule has 2 aromatic rings. The van der Waals surface area contributed by atoms with Crippen molar-refractivity contribution in [2.24, 2.45) is 0 Å². The second-order valence-electron chi connectivity index (χ2n) is 5.38. The van der Waals surface area contributed by atoms with Gasteiger partial charge in [0.15, 0.2) is 0 Å². The Morgan fingerprint density at radius 1 is 1.29 bits per heavy atom. The highest BCUT2D eigenvalue weighted by molar-refractivity contribution is 6.07. The molecule has 0 aliphatic carbocycles. The van der Waals surface area contributed by atoms with E-state index in [2.05, 4.69) is 0 Å². The Morgan fingerprint density at radius 3 is 2.90 bits per heavy atom. The first-order valence-corrected chi connectivity index (χ1v) is 7.03. The molecule has 4 heteroatoms. The first-order chi connectivity index (χ1) is 10.1. The van der Waals surface area contributed by atoms with Crippen LogP contribution in [0.15, 0.2) is 36.4 Å². The van der Waals surface area contributed by atoms with Crippen molar-refractivity contribution in [2.45, 2.75) is 19.8 Å². The third kappa shape index (κ3) is 2.37. The van der Waals surface area contributed by atoms with Crippen molar-refractivity contribution in [3.05, 3.63) is 58.9 Å². The molecule has 0 atom stereocenters. The van der Waals surface area contributed by atoms with Gasteiger partial charge in [0.05, 0.1) is 5.56 Å². The fourth-order valence-electron chi connectivity index (χ4n) is 2.79. The lowest BCUT2D eigenvalue weighted by Crippen LogP contribution is -2.36. The van der Waals surface area contributed by atoms with E-state index in [4.69, 9.17) is 5.73 Å². The van der Waals surface area contributed by atoms with E-state index in [1.165, 1.54) is 6.07 Å². The van der Waals surface area contributed by atoms with Gasteiger partial charge in [-0.2, -0.15) is 0 Å². The van der Waals surface area contributed by atoms with Crippen LogP contribution in [0.4, 0.5) is 15.8 Å². The van der Waals surface area contributed by atoms with Crippen LogP contribution in [0.2, 0.25) is 0 Å². The number of nitrogens with two attached hydrogens (primary N) is 1. The predicted octanol–water partition coefficient (Wildman–Crippen LogP) is 3.31. The summed E-state index contributed by atoms with van der Waals surface area (Å²) in [5.74, 6) is -0.730. The number of benzene rings is 2. The average Bonchev–Trinajstić information content (AvgIpc) is 2.48. The van der Waals surface area contributed by atoms with Gasteiger partial charge in [-0.3, -0.25) is 4.79 Å². The minimum absolute atomic E-state index is 0.125. The molecule has 0 bridgehead atoms. The zero-order valence-corrected chi connectivity index (χ0v) is 11.9. The normalized spacial score (nSPS) is 13.9. The summed E-state index contributed by atoms with van der Waals surface area (Å²) in [6, 6.07) is 10.4. The topological polar surface area (TPSA) is 46.3 Å². The molecule has 1 heterocycles. The van der Waals surface area contributed by atoms with E-state index in [0.717, 1.165) is 24.1 Å². The Hall–Kier alpha value is -2.36. The predicted molar refractivity (Wildman–Crippen MR) is 82.0 cm³/mol. The number of nitrogen functional groups attached to an aromatic ring is 1. The molecule has 0 unspecified atom stereocenters. The molecule has 0 saturated heterocycles. The minimum atomic E-state index is -0.440. The molecule has 0 saturated carbocycles. The number of hydrogen-bond acceptors (Lipinski definition) is 2. The van der Waals surface area contributed by atoms with Crippen LogP contribution in [0.1, 0.15) is 27.9 Å². The molecule has 1 aliphatic rings. The molecule has 108 valence electrons. The molecule has 0 spiro atoms. The van der Waals surface area contributed by atoms with Gasteiger partial charge in [0.2, 0.25) is 0 Å². The molecule has 0 radical (unpaired) electrons. The van der Waals surface area contributed by atoms with Crippen LogP contribution < -0.4 is 10.6 Å². The van der Waals surface area contributed by atoms with E-state index in [9.17, 15) is 9.18 Å². The smallest absolute Gasteiger partial charge is 0.261 e. The number of halogens is 1. The summed E-state index contributed by atoms with van der Waals surface area (Å²) in [7, 11) is 0. The van der Waals surface area contributed by atoms with Crippen molar-refractivity contribution < 1.29 is 9.18 Å². The Labute approximate surface area is 123 Å². The standard InChI is InChI=1S/C17H17FN2O/c1-11-4-2-6-14(16(11)18)17(21)20-9-3-5-12-10-13(19)7-8-15(12)20/h2,4,6-8,10H,3,5,9,19H2,1H3. The van der Waals surface area contributed by atoms with E-state index in [0.29, 0.717) is 17.8 Å². The van der Waals surface area contributed by atoms with Gasteiger partial charge >= 0.3 is 0 Å². The van der Waals surface area contributed by atoms with Crippen molar-refractivity contribution >= 4 is 17.3 Å². The third-order valence-corrected chi connectivity index (χ3v) is 3.89. The second kappa shape index (κ2) is 5.20. The maximum absolute atomic E-state index is 14.2. The van der Waals surface area contributed by atoms with Crippen LogP contribution in [0.5, 0.6) is 0 Å². The maximum atomic E-state index is 14.2. The zero-order valence-electron chi connectivity index (χ0n) is 11.9. The minimum Gasteiger partial charge on any atom is -0.399 e. The molecule has 3 rings (SSSR count). The largest absolute Gasteiger partial charge is 0.399 e. The third-order valence-electron chi connectivity index (χ3n) is 3.89. The van der Waals surface area contributed by atoms with Gasteiger partial charge in [0.25, 0.3) is 5.91 Å². The van der Waals surface area contributed by atoms with E-state index in [1.807, 2.05) is 12.1 Å². The lowest BCUT2D eigenvalue weighted by atomic mass is 9.99. The molecule has 3 nitrogen and oxygen atoms in total. The number of rotatable bonds is 1. The van der Waals surface area contributed by atoms with E-state index < -0.39 is 5.82 Å². The first-order valence-electron chi connectivity index (χ1n) is 7.03. The lowest BCUT2D eigenvalue weighted by Gasteiger charge is -2.30. The van der Waals surface area contributed by atoms with Crippen LogP contribution in [0, 0.1) is 12.7 Å². The van der Waals surface area contributed by atoms with E-state index >= 15 is 0 Å². The van der Waals surface area contributed by atoms with Crippen molar-refractivity contribution in [2.75, 3.05) is 17.2 Å². The number of amides is 1. The van der Waals surface area contributed by atoms with Gasteiger partial charge in [-0.05, 0) is 55.2 Å². The van der Waals surface area contributed by atoms with Gasteiger partial charge in [0, 0.05) is 17.9 Å². The molecule has 2 aromatic carbocycles. The van der Waals surface area contributed by atoms with Crippen LogP contribution in [-0.2, 0) is 6.42 Å². The summed E-state index contributed by atoms with van der Waals surface area (Å²) in [6.07, 6.45) is 1.75. The van der Waals surface area contributed by atoms with Crippen molar-refractivity contribution in [1.82, 2.24) is 0 Å². The van der Waals surface area contributed by atoms with Gasteiger partial charge in [-0.15, -0.1) is 0 Å². The van der Waals surface area contributed by atoms with Crippen molar-refractivity contribution in [3.8, 4) is 0 Å². The monoisotopic (exact) mass is 284 g/mol. The molecule has 21 heavy (non-hydrogen) atoms. The highest BCUT2D eigenvalue weighted by Crippen LogP contribution is 2.30. The molecule has 1 amide bonds. The van der Waals surface area contributed by atoms with Crippen molar-refractivity contribution in [3.63, 3.8) is 0 Å². The van der Waals surface area contributed by atoms with Crippen LogP contribution in [0.3, 0.4) is 0 Å². The quantitative estimate of drug-likeness (QED) is 0.817. The van der Waals surface area contributed by atoms with Crippen LogP contribution >= 0.6 is 0 Å². The Bertz CT molecular complexity index is 712. The fourth-order valence-corrected chi connectivity index (χ4v) is 2.79. The second-order valence-corrected chi connectivity index (χ2v) is 5.38. The lowest BCUT2D eigenvalue weighted by molar-refractivity contribution is 0.0981. The Balaban J connectivity index is 2.02. The molecule has 0 aromatic heterocycles. The van der Waals surface area contributed by atoms with Crippen LogP contribution in [-0.4, -0.2) is 12.5 Å². The summed E-state index contributed by atoms with van der Waals surface area (Å²) in [5.41, 5.74) is 8.97. The number of aryl methyl sites for hydroxylation is 2. The summed E-state index contributed by atoms with van der Waals surface area (Å²) >= 11 is 0.